The maximum absolute atomic E-state index is 13.1. The molecule has 0 aliphatic heterocycles. The molecule has 6 heteroatoms. The van der Waals surface area contributed by atoms with E-state index >= 15 is 0 Å². The average Bonchev–Trinajstić information content (AvgIpc) is 2.71. The molecular weight excluding hydrogens is 369 g/mol. The highest BCUT2D eigenvalue weighted by Crippen LogP contribution is 2.18. The molecule has 0 unspecified atom stereocenters. The van der Waals surface area contributed by atoms with Crippen molar-refractivity contribution in [2.75, 3.05) is 19.6 Å². The van der Waals surface area contributed by atoms with Gasteiger partial charge in [0.1, 0.15) is 5.82 Å². The third-order valence-corrected chi connectivity index (χ3v) is 4.55. The first-order chi connectivity index (χ1) is 14.1. The van der Waals surface area contributed by atoms with Crippen LogP contribution in [0.3, 0.4) is 0 Å². The number of rotatable bonds is 8. The molecule has 0 aliphatic carbocycles. The molecule has 0 atom stereocenters. The molecule has 3 rings (SSSR count). The van der Waals surface area contributed by atoms with Gasteiger partial charge in [0.2, 0.25) is 5.91 Å². The summed E-state index contributed by atoms with van der Waals surface area (Å²) >= 11 is 0. The van der Waals surface area contributed by atoms with E-state index in [4.69, 9.17) is 0 Å². The van der Waals surface area contributed by atoms with Gasteiger partial charge in [0.15, 0.2) is 0 Å². The molecule has 0 fully saturated rings. The van der Waals surface area contributed by atoms with Crippen molar-refractivity contribution < 1.29 is 14.0 Å². The second-order valence-corrected chi connectivity index (χ2v) is 6.73. The van der Waals surface area contributed by atoms with Crippen LogP contribution in [-0.4, -0.2) is 31.6 Å². The van der Waals surface area contributed by atoms with Gasteiger partial charge in [-0.3, -0.25) is 4.79 Å². The van der Waals surface area contributed by atoms with E-state index in [1.807, 2.05) is 18.2 Å². The van der Waals surface area contributed by atoms with Crippen LogP contribution in [0.2, 0.25) is 0 Å². The van der Waals surface area contributed by atoms with Crippen molar-refractivity contribution >= 4 is 22.7 Å². The fraction of sp³-hybridized carbons (Fsp3) is 0.217. The summed E-state index contributed by atoms with van der Waals surface area (Å²) in [5.74, 6) is -0.578. The van der Waals surface area contributed by atoms with Crippen molar-refractivity contribution in [1.29, 1.82) is 0 Å². The van der Waals surface area contributed by atoms with Gasteiger partial charge in [-0.05, 0) is 40.5 Å². The van der Waals surface area contributed by atoms with Crippen LogP contribution in [-0.2, 0) is 17.6 Å². The molecule has 0 aliphatic rings. The Bertz CT molecular complexity index is 985. The molecule has 0 aromatic heterocycles. The van der Waals surface area contributed by atoms with Crippen LogP contribution in [0.4, 0.5) is 9.18 Å². The number of urea groups is 1. The smallest absolute Gasteiger partial charge is 0.314 e. The van der Waals surface area contributed by atoms with Gasteiger partial charge in [-0.25, -0.2) is 9.18 Å². The topological polar surface area (TPSA) is 70.2 Å². The lowest BCUT2D eigenvalue weighted by Gasteiger charge is -2.10. The number of hydrogen-bond acceptors (Lipinski definition) is 2. The van der Waals surface area contributed by atoms with Gasteiger partial charge in [0, 0.05) is 19.6 Å². The highest BCUT2D eigenvalue weighted by molar-refractivity contribution is 5.85. The number of carbonyl (C=O) groups is 2. The summed E-state index contributed by atoms with van der Waals surface area (Å²) in [6, 6.07) is 20.0. The summed E-state index contributed by atoms with van der Waals surface area (Å²) in [5, 5.41) is 10.6. The molecular formula is C23H24FN3O2. The lowest BCUT2D eigenvalue weighted by molar-refractivity contribution is -0.120. The minimum absolute atomic E-state index is 0.106. The third kappa shape index (κ3) is 6.31. The standard InChI is InChI=1S/C23H24FN3O2/c24-20-9-3-5-17(15-20)16-22(28)25-13-14-27-23(29)26-12-11-19-8-4-7-18-6-1-2-10-21(18)19/h1-10,15H,11-14,16H2,(H,25,28)(H2,26,27,29). The Kier molecular flexibility index (Phi) is 7.16. The molecule has 0 spiro atoms. The minimum Gasteiger partial charge on any atom is -0.354 e. The van der Waals surface area contributed by atoms with E-state index < -0.39 is 0 Å². The summed E-state index contributed by atoms with van der Waals surface area (Å²) in [7, 11) is 0. The Labute approximate surface area is 169 Å². The number of nitrogens with one attached hydrogen (secondary N) is 3. The Balaban J connectivity index is 1.32. The van der Waals surface area contributed by atoms with Gasteiger partial charge < -0.3 is 16.0 Å². The van der Waals surface area contributed by atoms with E-state index in [-0.39, 0.29) is 24.2 Å². The largest absolute Gasteiger partial charge is 0.354 e. The zero-order valence-electron chi connectivity index (χ0n) is 16.1. The molecule has 5 nitrogen and oxygen atoms in total. The van der Waals surface area contributed by atoms with Crippen molar-refractivity contribution in [1.82, 2.24) is 16.0 Å². The maximum atomic E-state index is 13.1. The second-order valence-electron chi connectivity index (χ2n) is 6.73. The van der Waals surface area contributed by atoms with Crippen molar-refractivity contribution in [3.63, 3.8) is 0 Å². The summed E-state index contributed by atoms with van der Waals surface area (Å²) in [4.78, 5) is 23.7. The highest BCUT2D eigenvalue weighted by Gasteiger charge is 2.05. The van der Waals surface area contributed by atoms with E-state index in [0.29, 0.717) is 25.2 Å². The van der Waals surface area contributed by atoms with Crippen LogP contribution in [0.5, 0.6) is 0 Å². The van der Waals surface area contributed by atoms with Gasteiger partial charge in [-0.2, -0.15) is 0 Å². The Morgan fingerprint density at radius 3 is 2.38 bits per heavy atom. The van der Waals surface area contributed by atoms with Crippen molar-refractivity contribution in [3.05, 3.63) is 83.7 Å². The summed E-state index contributed by atoms with van der Waals surface area (Å²) < 4.78 is 13.1. The molecule has 0 radical (unpaired) electrons. The number of benzene rings is 3. The van der Waals surface area contributed by atoms with Gasteiger partial charge in [-0.1, -0.05) is 54.6 Å². The Morgan fingerprint density at radius 1 is 0.793 bits per heavy atom. The van der Waals surface area contributed by atoms with Crippen molar-refractivity contribution in [2.45, 2.75) is 12.8 Å². The maximum Gasteiger partial charge on any atom is 0.314 e. The first-order valence-corrected chi connectivity index (χ1v) is 9.61. The van der Waals surface area contributed by atoms with E-state index in [1.165, 1.54) is 28.5 Å². The fourth-order valence-corrected chi connectivity index (χ4v) is 3.16. The molecule has 0 bridgehead atoms. The lowest BCUT2D eigenvalue weighted by Crippen LogP contribution is -2.41. The first kappa shape index (κ1) is 20.3. The van der Waals surface area contributed by atoms with E-state index in [0.717, 1.165) is 6.42 Å². The van der Waals surface area contributed by atoms with Gasteiger partial charge in [0.25, 0.3) is 0 Å². The summed E-state index contributed by atoms with van der Waals surface area (Å²) in [5.41, 5.74) is 1.80. The van der Waals surface area contributed by atoms with Crippen LogP contribution in [0.25, 0.3) is 10.8 Å². The quantitative estimate of drug-likeness (QED) is 0.515. The number of carbonyl (C=O) groups excluding carboxylic acids is 2. The molecule has 3 N–H and O–H groups in total. The average molecular weight is 393 g/mol. The third-order valence-electron chi connectivity index (χ3n) is 4.55. The zero-order chi connectivity index (χ0) is 20.5. The van der Waals surface area contributed by atoms with Crippen LogP contribution in [0.15, 0.2) is 66.7 Å². The van der Waals surface area contributed by atoms with Crippen LogP contribution in [0.1, 0.15) is 11.1 Å². The number of halogens is 1. The molecule has 3 amide bonds. The molecule has 3 aromatic carbocycles. The Morgan fingerprint density at radius 2 is 1.52 bits per heavy atom. The van der Waals surface area contributed by atoms with Gasteiger partial charge in [-0.15, -0.1) is 0 Å². The number of amides is 3. The number of fused-ring (bicyclic) bond motifs is 1. The monoisotopic (exact) mass is 393 g/mol. The lowest BCUT2D eigenvalue weighted by atomic mass is 10.0. The molecule has 3 aromatic rings. The van der Waals surface area contributed by atoms with Crippen LogP contribution >= 0.6 is 0 Å². The second kappa shape index (κ2) is 10.2. The van der Waals surface area contributed by atoms with Crippen LogP contribution < -0.4 is 16.0 Å². The Hall–Kier alpha value is -3.41. The highest BCUT2D eigenvalue weighted by atomic mass is 19.1. The zero-order valence-corrected chi connectivity index (χ0v) is 16.1. The molecule has 29 heavy (non-hydrogen) atoms. The van der Waals surface area contributed by atoms with Crippen molar-refractivity contribution in [3.8, 4) is 0 Å². The summed E-state index contributed by atoms with van der Waals surface area (Å²) in [6.07, 6.45) is 0.841. The predicted octanol–water partition coefficient (Wildman–Crippen LogP) is 3.18. The predicted molar refractivity (Wildman–Crippen MR) is 112 cm³/mol. The fourth-order valence-electron chi connectivity index (χ4n) is 3.16. The minimum atomic E-state index is -0.364. The van der Waals surface area contributed by atoms with Crippen molar-refractivity contribution in [2.24, 2.45) is 0 Å². The molecule has 0 saturated heterocycles. The van der Waals surface area contributed by atoms with Crippen LogP contribution in [0, 0.1) is 5.82 Å². The van der Waals surface area contributed by atoms with Gasteiger partial charge in [0.05, 0.1) is 6.42 Å². The molecule has 0 saturated carbocycles. The summed E-state index contributed by atoms with van der Waals surface area (Å²) in [6.45, 7) is 1.14. The van der Waals surface area contributed by atoms with Gasteiger partial charge >= 0.3 is 6.03 Å². The molecule has 150 valence electrons. The first-order valence-electron chi connectivity index (χ1n) is 9.61. The van der Waals surface area contributed by atoms with E-state index in [2.05, 4.69) is 40.2 Å². The normalized spacial score (nSPS) is 10.5. The number of hydrogen-bond donors (Lipinski definition) is 3. The van der Waals surface area contributed by atoms with E-state index in [1.54, 1.807) is 12.1 Å². The van der Waals surface area contributed by atoms with E-state index in [9.17, 15) is 14.0 Å². The molecule has 0 heterocycles. The SMILES string of the molecule is O=C(Cc1cccc(F)c1)NCCNC(=O)NCCc1cccc2ccccc12.